The lowest BCUT2D eigenvalue weighted by molar-refractivity contribution is 0.257. The first-order valence-corrected chi connectivity index (χ1v) is 9.73. The number of hydrogen-bond donors (Lipinski definition) is 0. The van der Waals surface area contributed by atoms with Gasteiger partial charge in [-0.05, 0) is 54.1 Å². The largest absolute Gasteiger partial charge is 0.0836 e. The first-order valence-electron chi connectivity index (χ1n) is 8.82. The zero-order valence-corrected chi connectivity index (χ0v) is 15.2. The van der Waals surface area contributed by atoms with Crippen molar-refractivity contribution in [2.24, 2.45) is 11.3 Å². The zero-order chi connectivity index (χ0) is 14.9. The van der Waals surface area contributed by atoms with Crippen LogP contribution in [0.2, 0.25) is 0 Å². The summed E-state index contributed by atoms with van der Waals surface area (Å²) in [6.07, 6.45) is 11.2. The SMILES string of the molecule is CC1(C)CCCC1C(Br)c1ccc(C2CCCCC2)cc1. The van der Waals surface area contributed by atoms with E-state index in [2.05, 4.69) is 54.0 Å². The predicted octanol–water partition coefficient (Wildman–Crippen LogP) is 7.00. The van der Waals surface area contributed by atoms with E-state index < -0.39 is 0 Å². The molecule has 2 aliphatic rings. The third kappa shape index (κ3) is 3.38. The second-order valence-corrected chi connectivity index (χ2v) is 8.88. The van der Waals surface area contributed by atoms with E-state index in [4.69, 9.17) is 0 Å². The summed E-state index contributed by atoms with van der Waals surface area (Å²) in [6, 6.07) is 9.58. The standard InChI is InChI=1S/C20H29Br/c1-20(2)14-6-9-18(20)19(21)17-12-10-16(11-13-17)15-7-4-3-5-8-15/h10-13,15,18-19H,3-9,14H2,1-2H3. The summed E-state index contributed by atoms with van der Waals surface area (Å²) in [6.45, 7) is 4.88. The highest BCUT2D eigenvalue weighted by Crippen LogP contribution is 2.51. The van der Waals surface area contributed by atoms with E-state index in [1.165, 1.54) is 56.9 Å². The first-order chi connectivity index (χ1) is 10.1. The predicted molar refractivity (Wildman–Crippen MR) is 95.1 cm³/mol. The summed E-state index contributed by atoms with van der Waals surface area (Å²) in [5.74, 6) is 1.60. The average Bonchev–Trinajstić information content (AvgIpc) is 2.87. The second-order valence-electron chi connectivity index (χ2n) is 7.89. The van der Waals surface area contributed by atoms with Crippen molar-refractivity contribution in [3.05, 3.63) is 35.4 Å². The van der Waals surface area contributed by atoms with Crippen LogP contribution >= 0.6 is 15.9 Å². The van der Waals surface area contributed by atoms with Crippen molar-refractivity contribution in [3.63, 3.8) is 0 Å². The van der Waals surface area contributed by atoms with E-state index in [1.54, 1.807) is 5.56 Å². The molecule has 1 heteroatoms. The van der Waals surface area contributed by atoms with Gasteiger partial charge in [0.05, 0.1) is 0 Å². The minimum absolute atomic E-state index is 0.482. The molecule has 2 unspecified atom stereocenters. The van der Waals surface area contributed by atoms with Crippen LogP contribution in [0.4, 0.5) is 0 Å². The third-order valence-electron chi connectivity index (χ3n) is 6.02. The molecule has 2 aliphatic carbocycles. The lowest BCUT2D eigenvalue weighted by Gasteiger charge is -2.31. The maximum absolute atomic E-state index is 4.01. The Morgan fingerprint density at radius 1 is 0.952 bits per heavy atom. The number of rotatable bonds is 3. The van der Waals surface area contributed by atoms with Gasteiger partial charge in [0.2, 0.25) is 0 Å². The molecule has 0 spiro atoms. The second kappa shape index (κ2) is 6.44. The quantitative estimate of drug-likeness (QED) is 0.516. The minimum Gasteiger partial charge on any atom is -0.0836 e. The smallest absolute Gasteiger partial charge is 0.0428 e. The molecule has 0 amide bonds. The summed E-state index contributed by atoms with van der Waals surface area (Å²) >= 11 is 4.01. The highest BCUT2D eigenvalue weighted by molar-refractivity contribution is 9.09. The van der Waals surface area contributed by atoms with Crippen LogP contribution in [0.5, 0.6) is 0 Å². The lowest BCUT2D eigenvalue weighted by Crippen LogP contribution is -2.21. The van der Waals surface area contributed by atoms with E-state index in [0.29, 0.717) is 10.2 Å². The third-order valence-corrected chi connectivity index (χ3v) is 7.19. The van der Waals surface area contributed by atoms with Gasteiger partial charge in [0, 0.05) is 4.83 Å². The van der Waals surface area contributed by atoms with Gasteiger partial charge in [-0.2, -0.15) is 0 Å². The maximum Gasteiger partial charge on any atom is 0.0428 e. The summed E-state index contributed by atoms with van der Waals surface area (Å²) in [5.41, 5.74) is 3.54. The van der Waals surface area contributed by atoms with Crippen molar-refractivity contribution in [1.82, 2.24) is 0 Å². The summed E-state index contributed by atoms with van der Waals surface area (Å²) in [5, 5.41) is 0. The highest BCUT2D eigenvalue weighted by Gasteiger charge is 2.39. The Balaban J connectivity index is 1.71. The fourth-order valence-electron chi connectivity index (χ4n) is 4.52. The van der Waals surface area contributed by atoms with E-state index in [0.717, 1.165) is 11.8 Å². The molecule has 1 aromatic carbocycles. The van der Waals surface area contributed by atoms with Gasteiger partial charge in [0.1, 0.15) is 0 Å². The monoisotopic (exact) mass is 348 g/mol. The van der Waals surface area contributed by atoms with Crippen LogP contribution in [0.1, 0.15) is 87.1 Å². The Morgan fingerprint density at radius 2 is 1.62 bits per heavy atom. The van der Waals surface area contributed by atoms with Crippen molar-refractivity contribution >= 4 is 15.9 Å². The van der Waals surface area contributed by atoms with Gasteiger partial charge in [-0.3, -0.25) is 0 Å². The fraction of sp³-hybridized carbons (Fsp3) is 0.700. The molecule has 2 atom stereocenters. The van der Waals surface area contributed by atoms with Crippen molar-refractivity contribution in [2.75, 3.05) is 0 Å². The van der Waals surface area contributed by atoms with Crippen LogP contribution in [-0.2, 0) is 0 Å². The first kappa shape index (κ1) is 15.6. The molecule has 116 valence electrons. The molecule has 0 bridgehead atoms. The Hall–Kier alpha value is -0.300. The molecule has 2 fully saturated rings. The Labute approximate surface area is 138 Å². The molecular weight excluding hydrogens is 320 g/mol. The summed E-state index contributed by atoms with van der Waals surface area (Å²) in [4.78, 5) is 0.524. The van der Waals surface area contributed by atoms with E-state index in [-0.39, 0.29) is 0 Å². The number of hydrogen-bond acceptors (Lipinski definition) is 0. The molecule has 0 heterocycles. The minimum atomic E-state index is 0.482. The van der Waals surface area contributed by atoms with Crippen molar-refractivity contribution in [1.29, 1.82) is 0 Å². The molecule has 0 aliphatic heterocycles. The number of alkyl halides is 1. The molecule has 0 N–H and O–H groups in total. The van der Waals surface area contributed by atoms with Crippen molar-refractivity contribution in [2.45, 2.75) is 76.0 Å². The van der Waals surface area contributed by atoms with Gasteiger partial charge < -0.3 is 0 Å². The average molecular weight is 349 g/mol. The Bertz CT molecular complexity index is 453. The Morgan fingerprint density at radius 3 is 2.19 bits per heavy atom. The molecule has 2 saturated carbocycles. The molecule has 3 rings (SSSR count). The van der Waals surface area contributed by atoms with Gasteiger partial charge in [-0.1, -0.05) is 79.7 Å². The van der Waals surface area contributed by atoms with Gasteiger partial charge in [-0.25, -0.2) is 0 Å². The van der Waals surface area contributed by atoms with Gasteiger partial charge in [-0.15, -0.1) is 0 Å². The molecule has 0 radical (unpaired) electrons. The highest BCUT2D eigenvalue weighted by atomic mass is 79.9. The van der Waals surface area contributed by atoms with Crippen LogP contribution in [0.3, 0.4) is 0 Å². The van der Waals surface area contributed by atoms with Gasteiger partial charge in [0.15, 0.2) is 0 Å². The molecule has 1 aromatic rings. The number of halogens is 1. The van der Waals surface area contributed by atoms with Crippen LogP contribution in [0.15, 0.2) is 24.3 Å². The number of benzene rings is 1. The normalized spacial score (nSPS) is 27.7. The van der Waals surface area contributed by atoms with E-state index >= 15 is 0 Å². The molecule has 21 heavy (non-hydrogen) atoms. The van der Waals surface area contributed by atoms with Crippen LogP contribution in [0.25, 0.3) is 0 Å². The Kier molecular flexibility index (Phi) is 4.78. The van der Waals surface area contributed by atoms with E-state index in [9.17, 15) is 0 Å². The molecule has 0 aromatic heterocycles. The topological polar surface area (TPSA) is 0 Å². The van der Waals surface area contributed by atoms with Crippen molar-refractivity contribution in [3.8, 4) is 0 Å². The summed E-state index contributed by atoms with van der Waals surface area (Å²) < 4.78 is 0. The van der Waals surface area contributed by atoms with Crippen LogP contribution in [0, 0.1) is 11.3 Å². The molecule has 0 saturated heterocycles. The van der Waals surface area contributed by atoms with Crippen LogP contribution in [-0.4, -0.2) is 0 Å². The molecular formula is C20H29Br. The van der Waals surface area contributed by atoms with Crippen molar-refractivity contribution < 1.29 is 0 Å². The summed E-state index contributed by atoms with van der Waals surface area (Å²) in [7, 11) is 0. The maximum atomic E-state index is 4.01. The molecule has 0 nitrogen and oxygen atoms in total. The zero-order valence-electron chi connectivity index (χ0n) is 13.6. The van der Waals surface area contributed by atoms with Crippen LogP contribution < -0.4 is 0 Å². The lowest BCUT2D eigenvalue weighted by atomic mass is 9.78. The fourth-order valence-corrected chi connectivity index (χ4v) is 5.80. The van der Waals surface area contributed by atoms with Gasteiger partial charge in [0.25, 0.3) is 0 Å². The van der Waals surface area contributed by atoms with E-state index in [1.807, 2.05) is 0 Å². The van der Waals surface area contributed by atoms with Gasteiger partial charge >= 0.3 is 0 Å².